The number of nitrogens with zero attached hydrogens (tertiary/aromatic N) is 2. The largest absolute Gasteiger partial charge is 0.467 e. The molecule has 3 rings (SSSR count). The highest BCUT2D eigenvalue weighted by Crippen LogP contribution is 2.39. The van der Waals surface area contributed by atoms with E-state index in [4.69, 9.17) is 27.9 Å². The first-order valence-corrected chi connectivity index (χ1v) is 10.2. The van der Waals surface area contributed by atoms with Gasteiger partial charge in [-0.15, -0.1) is 0 Å². The van der Waals surface area contributed by atoms with E-state index in [1.54, 1.807) is 23.4 Å². The number of hydrogen-bond donors (Lipinski definition) is 2. The third-order valence-corrected chi connectivity index (χ3v) is 5.79. The molecule has 2 N–H and O–H groups in total. The minimum Gasteiger partial charge on any atom is -0.467 e. The fraction of sp³-hybridized carbons (Fsp3) is 0.450. The number of methoxy groups -OCH3 is 1. The van der Waals surface area contributed by atoms with E-state index in [9.17, 15) is 9.59 Å². The summed E-state index contributed by atoms with van der Waals surface area (Å²) >= 11 is 12.7. The van der Waals surface area contributed by atoms with Gasteiger partial charge >= 0.3 is 12.0 Å². The summed E-state index contributed by atoms with van der Waals surface area (Å²) in [4.78, 5) is 34.6. The molecule has 7 nitrogen and oxygen atoms in total. The molecule has 1 aromatic carbocycles. The van der Waals surface area contributed by atoms with Crippen molar-refractivity contribution in [2.45, 2.75) is 38.8 Å². The highest BCUT2D eigenvalue weighted by Gasteiger charge is 2.37. The molecule has 0 saturated heterocycles. The number of aromatic nitrogens is 2. The van der Waals surface area contributed by atoms with Gasteiger partial charge in [-0.2, -0.15) is 0 Å². The molecule has 156 valence electrons. The van der Waals surface area contributed by atoms with E-state index in [0.29, 0.717) is 40.7 Å². The Morgan fingerprint density at radius 1 is 1.38 bits per heavy atom. The quantitative estimate of drug-likeness (QED) is 0.691. The van der Waals surface area contributed by atoms with Crippen LogP contribution in [0.4, 0.5) is 4.79 Å². The molecule has 2 amide bonds. The van der Waals surface area contributed by atoms with Gasteiger partial charge in [-0.3, -0.25) is 0 Å². The number of ether oxygens (including phenoxy) is 1. The van der Waals surface area contributed by atoms with Crippen LogP contribution in [-0.2, 0) is 16.0 Å². The van der Waals surface area contributed by atoms with E-state index < -0.39 is 18.1 Å². The van der Waals surface area contributed by atoms with Gasteiger partial charge in [0.1, 0.15) is 12.1 Å². The third kappa shape index (κ3) is 4.51. The molecule has 0 aliphatic carbocycles. The Bertz CT molecular complexity index is 900. The van der Waals surface area contributed by atoms with Crippen molar-refractivity contribution >= 4 is 35.2 Å². The summed E-state index contributed by atoms with van der Waals surface area (Å²) < 4.78 is 4.86. The number of amides is 2. The number of nitrogens with one attached hydrogen (secondary N) is 2. The van der Waals surface area contributed by atoms with Crippen LogP contribution in [0.5, 0.6) is 0 Å². The smallest absolute Gasteiger partial charge is 0.328 e. The van der Waals surface area contributed by atoms with Crippen molar-refractivity contribution in [2.75, 3.05) is 13.7 Å². The van der Waals surface area contributed by atoms with Crippen molar-refractivity contribution in [3.8, 4) is 0 Å². The number of H-pyrrole nitrogens is 1. The Labute approximate surface area is 179 Å². The number of esters is 1. The number of carbonyl (C=O) groups excluding carboxylic acids is 2. The highest BCUT2D eigenvalue weighted by atomic mass is 35.5. The Hall–Kier alpha value is -2.25. The number of imidazole rings is 1. The van der Waals surface area contributed by atoms with Crippen LogP contribution in [-0.4, -0.2) is 46.6 Å². The summed E-state index contributed by atoms with van der Waals surface area (Å²) in [6.07, 6.45) is 2.69. The lowest BCUT2D eigenvalue weighted by Gasteiger charge is -2.36. The van der Waals surface area contributed by atoms with E-state index in [0.717, 1.165) is 5.69 Å². The van der Waals surface area contributed by atoms with Crippen LogP contribution in [0.15, 0.2) is 24.5 Å². The van der Waals surface area contributed by atoms with Crippen molar-refractivity contribution in [2.24, 2.45) is 5.92 Å². The van der Waals surface area contributed by atoms with Gasteiger partial charge in [-0.05, 0) is 18.4 Å². The Morgan fingerprint density at radius 3 is 2.83 bits per heavy atom. The first-order valence-electron chi connectivity index (χ1n) is 9.44. The SMILES string of the molecule is COC(=O)[C@H](CC(C)C)NC(=O)N1CCc2[nH]cnc2[C@H]1c1cccc(Cl)c1Cl. The molecule has 29 heavy (non-hydrogen) atoms. The zero-order valence-electron chi connectivity index (χ0n) is 16.5. The molecule has 9 heteroatoms. The van der Waals surface area contributed by atoms with Crippen molar-refractivity contribution < 1.29 is 14.3 Å². The first-order chi connectivity index (χ1) is 13.8. The number of aromatic amines is 1. The van der Waals surface area contributed by atoms with Crippen LogP contribution < -0.4 is 5.32 Å². The van der Waals surface area contributed by atoms with Crippen LogP contribution in [0.3, 0.4) is 0 Å². The lowest BCUT2D eigenvalue weighted by atomic mass is 9.95. The number of fused-ring (bicyclic) bond motifs is 1. The summed E-state index contributed by atoms with van der Waals surface area (Å²) in [6, 6.07) is 3.68. The maximum atomic E-state index is 13.2. The van der Waals surface area contributed by atoms with Crippen molar-refractivity contribution in [1.82, 2.24) is 20.2 Å². The Balaban J connectivity index is 1.95. The fourth-order valence-electron chi connectivity index (χ4n) is 3.60. The first kappa shape index (κ1) is 21.5. The predicted molar refractivity (Wildman–Crippen MR) is 111 cm³/mol. The zero-order valence-corrected chi connectivity index (χ0v) is 18.0. The molecule has 0 spiro atoms. The van der Waals surface area contributed by atoms with Gasteiger partial charge < -0.3 is 19.9 Å². The van der Waals surface area contributed by atoms with Gasteiger partial charge in [0.15, 0.2) is 0 Å². The van der Waals surface area contributed by atoms with E-state index in [2.05, 4.69) is 15.3 Å². The summed E-state index contributed by atoms with van der Waals surface area (Å²) in [5.41, 5.74) is 2.34. The lowest BCUT2D eigenvalue weighted by Crippen LogP contribution is -2.51. The van der Waals surface area contributed by atoms with Crippen LogP contribution in [0, 0.1) is 5.92 Å². The average Bonchev–Trinajstić information content (AvgIpc) is 3.16. The molecule has 0 fully saturated rings. The van der Waals surface area contributed by atoms with Crippen LogP contribution in [0.25, 0.3) is 0 Å². The van der Waals surface area contributed by atoms with E-state index in [1.807, 2.05) is 19.9 Å². The van der Waals surface area contributed by atoms with Crippen molar-refractivity contribution in [3.63, 3.8) is 0 Å². The minimum absolute atomic E-state index is 0.205. The number of hydrogen-bond acceptors (Lipinski definition) is 4. The number of carbonyl (C=O) groups is 2. The topological polar surface area (TPSA) is 87.3 Å². The average molecular weight is 439 g/mol. The summed E-state index contributed by atoms with van der Waals surface area (Å²) in [7, 11) is 1.31. The molecular weight excluding hydrogens is 415 g/mol. The van der Waals surface area contributed by atoms with Gasteiger partial charge in [-0.1, -0.05) is 49.2 Å². The molecule has 0 unspecified atom stereocenters. The van der Waals surface area contributed by atoms with Gasteiger partial charge in [0.2, 0.25) is 0 Å². The standard InChI is InChI=1S/C20H24Cl2N4O3/c1-11(2)9-15(19(27)29-3)25-20(28)26-8-7-14-17(24-10-23-14)18(26)12-5-4-6-13(21)16(12)22/h4-6,10-11,15,18H,7-9H2,1-3H3,(H,23,24)(H,25,28)/t15-,18+/m0/s1. The lowest BCUT2D eigenvalue weighted by molar-refractivity contribution is -0.143. The van der Waals surface area contributed by atoms with Crippen LogP contribution in [0.1, 0.15) is 43.3 Å². The Morgan fingerprint density at radius 2 is 2.14 bits per heavy atom. The third-order valence-electron chi connectivity index (χ3n) is 4.95. The maximum Gasteiger partial charge on any atom is 0.328 e. The maximum absolute atomic E-state index is 13.2. The number of urea groups is 1. The number of halogens is 2. The summed E-state index contributed by atoms with van der Waals surface area (Å²) in [5, 5.41) is 3.60. The molecule has 0 saturated carbocycles. The Kier molecular flexibility index (Phi) is 6.70. The van der Waals surface area contributed by atoms with E-state index >= 15 is 0 Å². The molecule has 1 aliphatic rings. The molecule has 0 radical (unpaired) electrons. The summed E-state index contributed by atoms with van der Waals surface area (Å²) in [5.74, 6) is -0.265. The molecule has 2 aromatic rings. The van der Waals surface area contributed by atoms with Gasteiger partial charge in [-0.25, -0.2) is 14.6 Å². The number of benzene rings is 1. The highest BCUT2D eigenvalue weighted by molar-refractivity contribution is 6.42. The monoisotopic (exact) mass is 438 g/mol. The molecule has 2 heterocycles. The molecule has 1 aromatic heterocycles. The number of rotatable bonds is 5. The van der Waals surface area contributed by atoms with Crippen LogP contribution >= 0.6 is 23.2 Å². The zero-order chi connectivity index (χ0) is 21.1. The van der Waals surface area contributed by atoms with Gasteiger partial charge in [0, 0.05) is 24.2 Å². The van der Waals surface area contributed by atoms with Gasteiger partial charge in [0.25, 0.3) is 0 Å². The fourth-order valence-corrected chi connectivity index (χ4v) is 4.01. The van der Waals surface area contributed by atoms with E-state index in [1.165, 1.54) is 7.11 Å². The van der Waals surface area contributed by atoms with Crippen molar-refractivity contribution in [1.29, 1.82) is 0 Å². The molecule has 0 bridgehead atoms. The van der Waals surface area contributed by atoms with E-state index in [-0.39, 0.29) is 11.9 Å². The normalized spacial score (nSPS) is 17.0. The summed E-state index contributed by atoms with van der Waals surface area (Å²) in [6.45, 7) is 4.39. The second kappa shape index (κ2) is 9.05. The van der Waals surface area contributed by atoms with Crippen molar-refractivity contribution in [3.05, 3.63) is 51.5 Å². The van der Waals surface area contributed by atoms with Crippen LogP contribution in [0.2, 0.25) is 10.0 Å². The second-order valence-corrected chi connectivity index (χ2v) is 8.20. The second-order valence-electron chi connectivity index (χ2n) is 7.41. The minimum atomic E-state index is -0.733. The molecular formula is C20H24Cl2N4O3. The molecule has 2 atom stereocenters. The molecule has 1 aliphatic heterocycles. The predicted octanol–water partition coefficient (Wildman–Crippen LogP) is 3.96. The van der Waals surface area contributed by atoms with Gasteiger partial charge in [0.05, 0.1) is 29.2 Å².